The van der Waals surface area contributed by atoms with E-state index in [-0.39, 0.29) is 6.42 Å². The van der Waals surface area contributed by atoms with Crippen LogP contribution >= 0.6 is 0 Å². The molecule has 0 aromatic rings. The Morgan fingerprint density at radius 2 is 1.65 bits per heavy atom. The Balaban J connectivity index is 4.21. The second-order valence-corrected chi connectivity index (χ2v) is 5.76. The Bertz CT molecular complexity index is 272. The number of alkyl carbamates (subject to hydrolysis) is 1. The van der Waals surface area contributed by atoms with Gasteiger partial charge < -0.3 is 23.0 Å². The van der Waals surface area contributed by atoms with E-state index >= 15 is 0 Å². The first-order valence-electron chi connectivity index (χ1n) is 5.53. The lowest BCUT2D eigenvalue weighted by atomic mass is 9.79. The lowest BCUT2D eigenvalue weighted by Gasteiger charge is -2.30. The predicted octanol–water partition coefficient (Wildman–Crippen LogP) is 3.53. The molecule has 102 valence electrons. The molecule has 0 aromatic carbocycles. The van der Waals surface area contributed by atoms with E-state index < -0.39 is 30.5 Å². The molecule has 0 rings (SSSR count). The first-order chi connectivity index (χ1) is 7.31. The second-order valence-electron chi connectivity index (χ2n) is 5.76. The van der Waals surface area contributed by atoms with Gasteiger partial charge in [-0.2, -0.15) is 0 Å². The summed E-state index contributed by atoms with van der Waals surface area (Å²) in [5.41, 5.74) is -1.59. The summed E-state index contributed by atoms with van der Waals surface area (Å²) in [4.78, 5) is 11.4. The van der Waals surface area contributed by atoms with Crippen molar-refractivity contribution in [1.29, 1.82) is 0 Å². The number of amides is 1. The Hall–Kier alpha value is -0.875. The molecule has 0 heterocycles. The van der Waals surface area contributed by atoms with Gasteiger partial charge in [-0.1, -0.05) is 12.7 Å². The van der Waals surface area contributed by atoms with E-state index in [0.29, 0.717) is 0 Å². The summed E-state index contributed by atoms with van der Waals surface area (Å²) >= 11 is 0. The van der Waals surface area contributed by atoms with Crippen molar-refractivity contribution in [3.63, 3.8) is 0 Å². The molecule has 0 bridgehead atoms. The van der Waals surface area contributed by atoms with Crippen LogP contribution in [0.25, 0.3) is 0 Å². The molecule has 0 spiro atoms. The highest BCUT2D eigenvalue weighted by Crippen LogP contribution is 2.23. The van der Waals surface area contributed by atoms with Gasteiger partial charge in [0.05, 0.1) is 0 Å². The molecule has 0 fully saturated rings. The van der Waals surface area contributed by atoms with E-state index in [4.69, 9.17) is 4.74 Å². The van der Waals surface area contributed by atoms with Gasteiger partial charge in [0.25, 0.3) is 0 Å². The van der Waals surface area contributed by atoms with Crippen molar-refractivity contribution >= 4 is 13.1 Å². The van der Waals surface area contributed by atoms with Gasteiger partial charge in [-0.15, -0.1) is 0 Å². The molecule has 1 N–H and O–H groups in total. The van der Waals surface area contributed by atoms with Crippen LogP contribution in [0.3, 0.4) is 0 Å². The van der Waals surface area contributed by atoms with Crippen LogP contribution in [0, 0.1) is 0 Å². The zero-order valence-electron chi connectivity index (χ0n) is 10.9. The molecule has 17 heavy (non-hydrogen) atoms. The maximum Gasteiger partial charge on any atom is 0.478 e. The smallest absolute Gasteiger partial charge is 0.449 e. The summed E-state index contributed by atoms with van der Waals surface area (Å²) in [5.74, 6) is 0. The molecule has 7 heteroatoms. The minimum atomic E-state index is -4.82. The molecule has 0 saturated carbocycles. The van der Waals surface area contributed by atoms with Crippen LogP contribution in [0.4, 0.5) is 17.7 Å². The summed E-state index contributed by atoms with van der Waals surface area (Å²) in [6.07, 6.45) is -1.73. The second kappa shape index (κ2) is 5.18. The molecule has 1 amide bonds. The van der Waals surface area contributed by atoms with Gasteiger partial charge in [-0.25, -0.2) is 4.79 Å². The molecule has 0 aliphatic heterocycles. The highest BCUT2D eigenvalue weighted by molar-refractivity contribution is 6.58. The number of nitrogens with one attached hydrogen (secondary N) is 1. The number of hydrogen-bond donors (Lipinski definition) is 1. The highest BCUT2D eigenvalue weighted by Gasteiger charge is 2.29. The lowest BCUT2D eigenvalue weighted by Crippen LogP contribution is -2.46. The van der Waals surface area contributed by atoms with Crippen molar-refractivity contribution in [2.75, 3.05) is 0 Å². The number of carbonyl (C=O) groups excluding carboxylic acids is 1. The Morgan fingerprint density at radius 3 is 2.00 bits per heavy atom. The standard InChI is InChI=1S/C10H20BF3NO2/c1-9(2,3)17-8(16)15-10(4,5)6-7-11(12,13)14/h6-7H2,1-5H3,(H,15,16)/q-1. The van der Waals surface area contributed by atoms with Crippen molar-refractivity contribution < 1.29 is 22.5 Å². The predicted molar refractivity (Wildman–Crippen MR) is 62.0 cm³/mol. The van der Waals surface area contributed by atoms with E-state index in [2.05, 4.69) is 5.32 Å². The monoisotopic (exact) mass is 254 g/mol. The van der Waals surface area contributed by atoms with Gasteiger partial charge in [0.2, 0.25) is 0 Å². The summed E-state index contributed by atoms with van der Waals surface area (Å²) < 4.78 is 41.3. The summed E-state index contributed by atoms with van der Waals surface area (Å²) in [6, 6.07) is 0. The van der Waals surface area contributed by atoms with Crippen molar-refractivity contribution in [2.24, 2.45) is 0 Å². The average Bonchev–Trinajstić information content (AvgIpc) is 1.94. The maximum absolute atomic E-state index is 12.1. The molecule has 0 unspecified atom stereocenters. The summed E-state index contributed by atoms with van der Waals surface area (Å²) in [5, 5.41) is 2.43. The summed E-state index contributed by atoms with van der Waals surface area (Å²) in [6.45, 7) is 3.34. The fourth-order valence-corrected chi connectivity index (χ4v) is 1.17. The number of hydrogen-bond acceptors (Lipinski definition) is 2. The number of halogens is 3. The van der Waals surface area contributed by atoms with Gasteiger partial charge in [-0.3, -0.25) is 0 Å². The van der Waals surface area contributed by atoms with Crippen LogP contribution in [0.2, 0.25) is 6.32 Å². The molecule has 0 aliphatic rings. The van der Waals surface area contributed by atoms with Gasteiger partial charge in [0.15, 0.2) is 0 Å². The molecule has 0 saturated heterocycles. The van der Waals surface area contributed by atoms with Crippen molar-refractivity contribution in [2.45, 2.75) is 58.5 Å². The number of carbonyl (C=O) groups is 1. The lowest BCUT2D eigenvalue weighted by molar-refractivity contribution is 0.0469. The Kier molecular flexibility index (Phi) is 4.92. The van der Waals surface area contributed by atoms with Crippen molar-refractivity contribution in [3.8, 4) is 0 Å². The van der Waals surface area contributed by atoms with Gasteiger partial charge in [0, 0.05) is 5.54 Å². The fraction of sp³-hybridized carbons (Fsp3) is 0.900. The SMILES string of the molecule is CC(C)(CC[B-](F)(F)F)NC(=O)OC(C)(C)C. The first kappa shape index (κ1) is 16.1. The van der Waals surface area contributed by atoms with Crippen LogP contribution in [-0.4, -0.2) is 24.2 Å². The molecular weight excluding hydrogens is 234 g/mol. The Labute approximate surface area is 100 Å². The molecular formula is C10H20BF3NO2-. The van der Waals surface area contributed by atoms with Crippen LogP contribution in [-0.2, 0) is 4.74 Å². The van der Waals surface area contributed by atoms with E-state index in [0.717, 1.165) is 0 Å². The van der Waals surface area contributed by atoms with Crippen molar-refractivity contribution in [1.82, 2.24) is 5.32 Å². The van der Waals surface area contributed by atoms with E-state index in [9.17, 15) is 17.7 Å². The van der Waals surface area contributed by atoms with Crippen LogP contribution < -0.4 is 5.32 Å². The molecule has 0 aliphatic carbocycles. The minimum absolute atomic E-state index is 0.157. The third-order valence-corrected chi connectivity index (χ3v) is 1.94. The summed E-state index contributed by atoms with van der Waals surface area (Å²) in [7, 11) is 0. The maximum atomic E-state index is 12.1. The zero-order valence-corrected chi connectivity index (χ0v) is 10.9. The average molecular weight is 254 g/mol. The van der Waals surface area contributed by atoms with E-state index in [1.54, 1.807) is 34.6 Å². The Morgan fingerprint density at radius 1 is 1.18 bits per heavy atom. The van der Waals surface area contributed by atoms with Gasteiger partial charge >= 0.3 is 13.1 Å². The van der Waals surface area contributed by atoms with Crippen molar-refractivity contribution in [3.05, 3.63) is 0 Å². The van der Waals surface area contributed by atoms with Gasteiger partial charge in [0.1, 0.15) is 5.60 Å². The zero-order chi connectivity index (χ0) is 13.9. The van der Waals surface area contributed by atoms with Crippen LogP contribution in [0.5, 0.6) is 0 Å². The topological polar surface area (TPSA) is 38.3 Å². The quantitative estimate of drug-likeness (QED) is 0.779. The third kappa shape index (κ3) is 10.0. The molecule has 0 radical (unpaired) electrons. The van der Waals surface area contributed by atoms with E-state index in [1.165, 1.54) is 0 Å². The number of rotatable bonds is 4. The number of ether oxygens (including phenoxy) is 1. The normalized spacial score (nSPS) is 13.4. The van der Waals surface area contributed by atoms with Crippen LogP contribution in [0.1, 0.15) is 41.0 Å². The molecule has 0 aromatic heterocycles. The highest BCUT2D eigenvalue weighted by atomic mass is 19.4. The van der Waals surface area contributed by atoms with Gasteiger partial charge in [-0.05, 0) is 34.6 Å². The van der Waals surface area contributed by atoms with Crippen LogP contribution in [0.15, 0.2) is 0 Å². The largest absolute Gasteiger partial charge is 0.478 e. The molecule has 0 atom stereocenters. The van der Waals surface area contributed by atoms with E-state index in [1.807, 2.05) is 0 Å². The third-order valence-electron chi connectivity index (χ3n) is 1.94. The first-order valence-corrected chi connectivity index (χ1v) is 5.53. The fourth-order valence-electron chi connectivity index (χ4n) is 1.17. The minimum Gasteiger partial charge on any atom is -0.449 e. The molecule has 3 nitrogen and oxygen atoms in total.